The maximum Gasteiger partial charge on any atom is 0.338 e. The van der Waals surface area contributed by atoms with Crippen molar-refractivity contribution >= 4 is 11.7 Å². The molecule has 0 saturated heterocycles. The van der Waals surface area contributed by atoms with Crippen LogP contribution >= 0.6 is 0 Å². The second-order valence-electron chi connectivity index (χ2n) is 11.7. The van der Waals surface area contributed by atoms with Gasteiger partial charge in [0, 0.05) is 31.1 Å². The fourth-order valence-corrected chi connectivity index (χ4v) is 6.42. The topological polar surface area (TPSA) is 49.8 Å². The highest BCUT2D eigenvalue weighted by Crippen LogP contribution is 2.42. The number of benzene rings is 4. The van der Waals surface area contributed by atoms with E-state index in [1.54, 1.807) is 0 Å². The van der Waals surface area contributed by atoms with Gasteiger partial charge in [0.25, 0.3) is 0 Å². The molecule has 1 aliphatic rings. The molecule has 0 fully saturated rings. The van der Waals surface area contributed by atoms with Gasteiger partial charge in [-0.05, 0) is 60.1 Å². The van der Waals surface area contributed by atoms with Gasteiger partial charge < -0.3 is 14.7 Å². The first-order valence-electron chi connectivity index (χ1n) is 15.6. The number of anilines is 1. The van der Waals surface area contributed by atoms with E-state index in [0.717, 1.165) is 43.6 Å². The van der Waals surface area contributed by atoms with Crippen molar-refractivity contribution in [2.24, 2.45) is 0 Å². The van der Waals surface area contributed by atoms with Crippen LogP contribution in [0.4, 0.5) is 5.69 Å². The normalized spacial score (nSPS) is 17.4. The van der Waals surface area contributed by atoms with Crippen LogP contribution in [0.25, 0.3) is 0 Å². The van der Waals surface area contributed by atoms with Crippen molar-refractivity contribution in [1.82, 2.24) is 0 Å². The quantitative estimate of drug-likeness (QED) is 0.162. The molecule has 2 atom stereocenters. The van der Waals surface area contributed by atoms with Crippen molar-refractivity contribution in [1.29, 1.82) is 0 Å². The number of esters is 1. The third-order valence-electron chi connectivity index (χ3n) is 8.57. The van der Waals surface area contributed by atoms with E-state index in [1.165, 1.54) is 16.7 Å². The number of aliphatic hydroxyl groups is 1. The molecule has 0 radical (unpaired) electrons. The molecular formula is C39H43NO3. The summed E-state index contributed by atoms with van der Waals surface area (Å²) in [5, 5.41) is 11.5. The van der Waals surface area contributed by atoms with Crippen LogP contribution in [0.1, 0.15) is 74.1 Å². The van der Waals surface area contributed by atoms with Gasteiger partial charge >= 0.3 is 5.97 Å². The lowest BCUT2D eigenvalue weighted by atomic mass is 9.80. The predicted octanol–water partition coefficient (Wildman–Crippen LogP) is 9.32. The zero-order valence-corrected chi connectivity index (χ0v) is 25.4. The van der Waals surface area contributed by atoms with Crippen molar-refractivity contribution < 1.29 is 14.6 Å². The molecule has 4 heteroatoms. The third kappa shape index (κ3) is 7.56. The van der Waals surface area contributed by atoms with Crippen LogP contribution in [0.2, 0.25) is 0 Å². The zero-order valence-electron chi connectivity index (χ0n) is 25.4. The number of aryl methyl sites for hydroxylation is 1. The van der Waals surface area contributed by atoms with Crippen molar-refractivity contribution in [3.05, 3.63) is 149 Å². The monoisotopic (exact) mass is 573 g/mol. The van der Waals surface area contributed by atoms with Crippen molar-refractivity contribution in [2.75, 3.05) is 4.90 Å². The Balaban J connectivity index is 1.42. The molecule has 1 aliphatic heterocycles. The Kier molecular flexibility index (Phi) is 9.99. The summed E-state index contributed by atoms with van der Waals surface area (Å²) in [7, 11) is 0. The highest BCUT2D eigenvalue weighted by Gasteiger charge is 2.43. The summed E-state index contributed by atoms with van der Waals surface area (Å²) < 4.78 is 6.29. The zero-order chi connectivity index (χ0) is 30.1. The largest absolute Gasteiger partial charge is 0.512 e. The van der Waals surface area contributed by atoms with E-state index in [1.807, 2.05) is 30.3 Å². The average Bonchev–Trinajstić information content (AvgIpc) is 3.03. The summed E-state index contributed by atoms with van der Waals surface area (Å²) in [6, 6.07) is 39.7. The van der Waals surface area contributed by atoms with E-state index in [-0.39, 0.29) is 17.6 Å². The van der Waals surface area contributed by atoms with Crippen LogP contribution in [-0.2, 0) is 29.0 Å². The van der Waals surface area contributed by atoms with Crippen LogP contribution in [0.3, 0.4) is 0 Å². The molecule has 0 spiro atoms. The minimum absolute atomic E-state index is 0.181. The van der Waals surface area contributed by atoms with E-state index < -0.39 is 5.60 Å². The fraction of sp³-hybridized carbons (Fsp3) is 0.308. The molecule has 4 aromatic carbocycles. The van der Waals surface area contributed by atoms with Crippen LogP contribution < -0.4 is 4.90 Å². The lowest BCUT2D eigenvalue weighted by Crippen LogP contribution is -2.41. The molecule has 0 saturated carbocycles. The fourth-order valence-electron chi connectivity index (χ4n) is 6.42. The Morgan fingerprint density at radius 2 is 1.35 bits per heavy atom. The van der Waals surface area contributed by atoms with Gasteiger partial charge in [0.15, 0.2) is 0 Å². The Morgan fingerprint density at radius 3 is 1.88 bits per heavy atom. The highest BCUT2D eigenvalue weighted by atomic mass is 16.6. The van der Waals surface area contributed by atoms with Gasteiger partial charge in [-0.15, -0.1) is 0 Å². The Morgan fingerprint density at radius 1 is 0.767 bits per heavy atom. The van der Waals surface area contributed by atoms with Crippen molar-refractivity contribution in [3.63, 3.8) is 0 Å². The Bertz CT molecular complexity index is 1460. The van der Waals surface area contributed by atoms with Gasteiger partial charge in [-0.3, -0.25) is 0 Å². The number of cyclic esters (lactones) is 1. The van der Waals surface area contributed by atoms with Gasteiger partial charge in [-0.1, -0.05) is 123 Å². The summed E-state index contributed by atoms with van der Waals surface area (Å²) in [6.07, 6.45) is 4.13. The summed E-state index contributed by atoms with van der Waals surface area (Å²) in [5.41, 5.74) is 5.49. The summed E-state index contributed by atoms with van der Waals surface area (Å²) >= 11 is 0. The molecule has 4 aromatic rings. The standard InChI is InChI=1S/C39H43NO3/c1-3-24-39(25-23-30-15-8-5-9-16-30)27-36(41)37(38(42)43-39)35(4-2)33-21-14-22-34(26-33)40(28-31-17-10-6-11-18-31)29-32-19-12-7-13-20-32/h5-22,26,35,41H,3-4,23-25,27-29H2,1-2H3/t35-,39?/m0/s1. The van der Waals surface area contributed by atoms with Crippen molar-refractivity contribution in [2.45, 2.75) is 77.0 Å². The highest BCUT2D eigenvalue weighted by molar-refractivity contribution is 5.92. The van der Waals surface area contributed by atoms with E-state index >= 15 is 0 Å². The number of nitrogens with zero attached hydrogens (tertiary/aromatic N) is 1. The molecule has 1 heterocycles. The van der Waals surface area contributed by atoms with Gasteiger partial charge in [0.1, 0.15) is 11.4 Å². The van der Waals surface area contributed by atoms with Gasteiger partial charge in [0.2, 0.25) is 0 Å². The summed E-state index contributed by atoms with van der Waals surface area (Å²) in [6.45, 7) is 5.69. The first-order chi connectivity index (χ1) is 21.0. The maximum absolute atomic E-state index is 13.7. The number of aliphatic hydroxyl groups excluding tert-OH is 1. The van der Waals surface area contributed by atoms with Crippen LogP contribution in [0.5, 0.6) is 0 Å². The van der Waals surface area contributed by atoms with E-state index in [0.29, 0.717) is 24.8 Å². The van der Waals surface area contributed by atoms with Crippen LogP contribution in [-0.4, -0.2) is 16.7 Å². The number of carbonyl (C=O) groups is 1. The number of ether oxygens (including phenoxy) is 1. The lowest BCUT2D eigenvalue weighted by Gasteiger charge is -2.39. The van der Waals surface area contributed by atoms with Crippen molar-refractivity contribution in [3.8, 4) is 0 Å². The van der Waals surface area contributed by atoms with E-state index in [2.05, 4.69) is 104 Å². The second-order valence-corrected chi connectivity index (χ2v) is 11.7. The van der Waals surface area contributed by atoms with Gasteiger partial charge in [-0.25, -0.2) is 4.79 Å². The maximum atomic E-state index is 13.7. The third-order valence-corrected chi connectivity index (χ3v) is 8.57. The molecule has 0 amide bonds. The smallest absolute Gasteiger partial charge is 0.338 e. The summed E-state index contributed by atoms with van der Waals surface area (Å²) in [4.78, 5) is 16.1. The first kappa shape index (κ1) is 30.2. The van der Waals surface area contributed by atoms with Crippen LogP contribution in [0, 0.1) is 0 Å². The molecule has 0 aliphatic carbocycles. The number of rotatable bonds is 13. The molecule has 0 bridgehead atoms. The molecule has 0 aromatic heterocycles. The number of carbonyl (C=O) groups excluding carboxylic acids is 1. The number of hydrogen-bond donors (Lipinski definition) is 1. The molecule has 43 heavy (non-hydrogen) atoms. The molecule has 1 unspecified atom stereocenters. The molecule has 5 rings (SSSR count). The average molecular weight is 574 g/mol. The summed E-state index contributed by atoms with van der Waals surface area (Å²) in [5.74, 6) is -0.454. The first-order valence-corrected chi connectivity index (χ1v) is 15.6. The number of hydrogen-bond acceptors (Lipinski definition) is 4. The Labute approximate surface area is 256 Å². The molecule has 222 valence electrons. The minimum atomic E-state index is -0.683. The lowest BCUT2D eigenvalue weighted by molar-refractivity contribution is -0.161. The molecule has 1 N–H and O–H groups in total. The predicted molar refractivity (Wildman–Crippen MR) is 175 cm³/mol. The van der Waals surface area contributed by atoms with Gasteiger partial charge in [-0.2, -0.15) is 0 Å². The molecular weight excluding hydrogens is 530 g/mol. The minimum Gasteiger partial charge on any atom is -0.512 e. The molecule has 4 nitrogen and oxygen atoms in total. The second kappa shape index (κ2) is 14.2. The van der Waals surface area contributed by atoms with Gasteiger partial charge in [0.05, 0.1) is 5.57 Å². The SMILES string of the molecule is CCCC1(CCc2ccccc2)CC(O)=C([C@@H](CC)c2cccc(N(Cc3ccccc3)Cc3ccccc3)c2)C(=O)O1. The van der Waals surface area contributed by atoms with Crippen LogP contribution in [0.15, 0.2) is 127 Å². The Hall–Kier alpha value is -4.31. The van der Waals surface area contributed by atoms with E-state index in [9.17, 15) is 9.90 Å². The van der Waals surface area contributed by atoms with E-state index in [4.69, 9.17) is 4.74 Å².